The summed E-state index contributed by atoms with van der Waals surface area (Å²) in [6, 6.07) is 8.14. The number of guanidine groups is 1. The lowest BCUT2D eigenvalue weighted by atomic mass is 10.2. The van der Waals surface area contributed by atoms with Crippen molar-refractivity contribution in [3.8, 4) is 0 Å². The molecule has 0 atom stereocenters. The highest BCUT2D eigenvalue weighted by atomic mass is 127. The number of hydrogen-bond acceptors (Lipinski definition) is 2. The SMILES string of the molecule is CCCNC(=O)CNC(=NC)N(C)Cc1ccc(Br)cc1.I. The summed E-state index contributed by atoms with van der Waals surface area (Å²) in [6.45, 7) is 3.69. The molecule has 0 aliphatic heterocycles. The maximum absolute atomic E-state index is 11.6. The van der Waals surface area contributed by atoms with Crippen molar-refractivity contribution in [3.63, 3.8) is 0 Å². The van der Waals surface area contributed by atoms with Gasteiger partial charge >= 0.3 is 0 Å². The second-order valence-electron chi connectivity index (χ2n) is 4.73. The molecule has 0 radical (unpaired) electrons. The van der Waals surface area contributed by atoms with Crippen molar-refractivity contribution in [1.82, 2.24) is 15.5 Å². The van der Waals surface area contributed by atoms with Gasteiger partial charge < -0.3 is 15.5 Å². The summed E-state index contributed by atoms with van der Waals surface area (Å²) in [7, 11) is 3.66. The van der Waals surface area contributed by atoms with Crippen LogP contribution >= 0.6 is 39.9 Å². The van der Waals surface area contributed by atoms with Gasteiger partial charge in [0.05, 0.1) is 6.54 Å². The van der Waals surface area contributed by atoms with Gasteiger partial charge in [-0.15, -0.1) is 24.0 Å². The number of benzene rings is 1. The number of nitrogens with zero attached hydrogens (tertiary/aromatic N) is 2. The molecule has 1 amide bonds. The molecular formula is C15H24BrIN4O. The molecule has 124 valence electrons. The van der Waals surface area contributed by atoms with Gasteiger partial charge in [-0.2, -0.15) is 0 Å². The minimum atomic E-state index is -0.0185. The van der Waals surface area contributed by atoms with Crippen LogP contribution in [-0.2, 0) is 11.3 Å². The van der Waals surface area contributed by atoms with Crippen LogP contribution in [-0.4, -0.2) is 44.0 Å². The van der Waals surface area contributed by atoms with Crippen molar-refractivity contribution >= 4 is 51.8 Å². The zero-order valence-corrected chi connectivity index (χ0v) is 17.1. The first-order chi connectivity index (χ1) is 10.1. The normalized spacial score (nSPS) is 10.6. The fraction of sp³-hybridized carbons (Fsp3) is 0.467. The van der Waals surface area contributed by atoms with Gasteiger partial charge in [0.15, 0.2) is 5.96 Å². The predicted molar refractivity (Wildman–Crippen MR) is 106 cm³/mol. The number of halogens is 2. The number of rotatable bonds is 6. The monoisotopic (exact) mass is 482 g/mol. The molecule has 0 aliphatic carbocycles. The Balaban J connectivity index is 0.00000441. The minimum Gasteiger partial charge on any atom is -0.355 e. The smallest absolute Gasteiger partial charge is 0.239 e. The molecule has 0 fully saturated rings. The molecular weight excluding hydrogens is 459 g/mol. The van der Waals surface area contributed by atoms with E-state index in [0.717, 1.165) is 17.4 Å². The quantitative estimate of drug-likeness (QED) is 0.372. The number of carbonyl (C=O) groups excluding carboxylic acids is 1. The standard InChI is InChI=1S/C15H23BrN4O.HI/c1-4-9-18-14(21)10-19-15(17-2)20(3)11-12-5-7-13(16)8-6-12;/h5-8H,4,9-11H2,1-3H3,(H,17,19)(H,18,21);1H. The summed E-state index contributed by atoms with van der Waals surface area (Å²) in [5.74, 6) is 0.680. The zero-order valence-electron chi connectivity index (χ0n) is 13.2. The van der Waals surface area contributed by atoms with E-state index in [1.54, 1.807) is 7.05 Å². The van der Waals surface area contributed by atoms with E-state index in [1.807, 2.05) is 31.0 Å². The first-order valence-electron chi connectivity index (χ1n) is 6.99. The predicted octanol–water partition coefficient (Wildman–Crippen LogP) is 2.60. The highest BCUT2D eigenvalue weighted by Gasteiger charge is 2.08. The Morgan fingerprint density at radius 3 is 2.45 bits per heavy atom. The molecule has 0 aliphatic rings. The average molecular weight is 483 g/mol. The van der Waals surface area contributed by atoms with E-state index < -0.39 is 0 Å². The molecule has 2 N–H and O–H groups in total. The largest absolute Gasteiger partial charge is 0.355 e. The molecule has 7 heteroatoms. The third-order valence-corrected chi connectivity index (χ3v) is 3.41. The van der Waals surface area contributed by atoms with E-state index in [4.69, 9.17) is 0 Å². The summed E-state index contributed by atoms with van der Waals surface area (Å²) in [5.41, 5.74) is 1.18. The molecule has 1 aromatic rings. The van der Waals surface area contributed by atoms with Crippen LogP contribution in [0.1, 0.15) is 18.9 Å². The van der Waals surface area contributed by atoms with Gasteiger partial charge in [-0.1, -0.05) is 35.0 Å². The van der Waals surface area contributed by atoms with Crippen molar-refractivity contribution < 1.29 is 4.79 Å². The van der Waals surface area contributed by atoms with Gasteiger partial charge in [0.2, 0.25) is 5.91 Å². The van der Waals surface area contributed by atoms with Crippen LogP contribution in [0.5, 0.6) is 0 Å². The molecule has 1 rings (SSSR count). The first kappa shape index (κ1) is 21.2. The van der Waals surface area contributed by atoms with E-state index in [9.17, 15) is 4.79 Å². The summed E-state index contributed by atoms with van der Waals surface area (Å²) < 4.78 is 1.06. The molecule has 0 saturated carbocycles. The topological polar surface area (TPSA) is 56.7 Å². The van der Waals surface area contributed by atoms with Gasteiger partial charge in [-0.3, -0.25) is 9.79 Å². The van der Waals surface area contributed by atoms with Crippen molar-refractivity contribution in [2.45, 2.75) is 19.9 Å². The van der Waals surface area contributed by atoms with Gasteiger partial charge in [0.25, 0.3) is 0 Å². The lowest BCUT2D eigenvalue weighted by molar-refractivity contribution is -0.120. The molecule has 0 unspecified atom stereocenters. The lowest BCUT2D eigenvalue weighted by Gasteiger charge is -2.22. The minimum absolute atomic E-state index is 0. The number of carbonyl (C=O) groups is 1. The summed E-state index contributed by atoms with van der Waals surface area (Å²) >= 11 is 3.42. The summed E-state index contributed by atoms with van der Waals surface area (Å²) in [5, 5.41) is 5.89. The second-order valence-corrected chi connectivity index (χ2v) is 5.65. The molecule has 0 aromatic heterocycles. The molecule has 22 heavy (non-hydrogen) atoms. The number of amides is 1. The van der Waals surface area contributed by atoms with Crippen LogP contribution < -0.4 is 10.6 Å². The fourth-order valence-electron chi connectivity index (χ4n) is 1.81. The van der Waals surface area contributed by atoms with Gasteiger partial charge in [0.1, 0.15) is 0 Å². The molecule has 0 saturated heterocycles. The van der Waals surface area contributed by atoms with E-state index in [1.165, 1.54) is 5.56 Å². The van der Waals surface area contributed by atoms with Crippen LogP contribution in [0.4, 0.5) is 0 Å². The van der Waals surface area contributed by atoms with Crippen LogP contribution in [0.2, 0.25) is 0 Å². The average Bonchev–Trinajstić information content (AvgIpc) is 2.48. The Bertz CT molecular complexity index is 479. The Kier molecular flexibility index (Phi) is 11.3. The Morgan fingerprint density at radius 1 is 1.27 bits per heavy atom. The van der Waals surface area contributed by atoms with E-state index in [-0.39, 0.29) is 36.4 Å². The van der Waals surface area contributed by atoms with Gasteiger partial charge in [-0.05, 0) is 24.1 Å². The highest BCUT2D eigenvalue weighted by molar-refractivity contribution is 14.0. The third kappa shape index (κ3) is 7.98. The zero-order chi connectivity index (χ0) is 15.7. The second kappa shape index (κ2) is 11.7. The van der Waals surface area contributed by atoms with Crippen molar-refractivity contribution in [1.29, 1.82) is 0 Å². The highest BCUT2D eigenvalue weighted by Crippen LogP contribution is 2.11. The van der Waals surface area contributed by atoms with E-state index in [0.29, 0.717) is 12.5 Å². The van der Waals surface area contributed by atoms with E-state index in [2.05, 4.69) is 43.7 Å². The van der Waals surface area contributed by atoms with Crippen LogP contribution in [0, 0.1) is 0 Å². The fourth-order valence-corrected chi connectivity index (χ4v) is 2.07. The van der Waals surface area contributed by atoms with Crippen molar-refractivity contribution in [3.05, 3.63) is 34.3 Å². The third-order valence-electron chi connectivity index (χ3n) is 2.89. The van der Waals surface area contributed by atoms with E-state index >= 15 is 0 Å². The Labute approximate surface area is 158 Å². The maximum atomic E-state index is 11.6. The molecule has 5 nitrogen and oxygen atoms in total. The Hall–Kier alpha value is -0.830. The van der Waals surface area contributed by atoms with Gasteiger partial charge in [-0.25, -0.2) is 0 Å². The molecule has 0 heterocycles. The van der Waals surface area contributed by atoms with Crippen LogP contribution in [0.3, 0.4) is 0 Å². The van der Waals surface area contributed by atoms with Crippen molar-refractivity contribution in [2.24, 2.45) is 4.99 Å². The Morgan fingerprint density at radius 2 is 1.91 bits per heavy atom. The number of hydrogen-bond donors (Lipinski definition) is 2. The van der Waals surface area contributed by atoms with Crippen LogP contribution in [0.25, 0.3) is 0 Å². The molecule has 0 spiro atoms. The van der Waals surface area contributed by atoms with Crippen LogP contribution in [0.15, 0.2) is 33.7 Å². The molecule has 1 aromatic carbocycles. The summed E-state index contributed by atoms with van der Waals surface area (Å²) in [6.07, 6.45) is 0.934. The summed E-state index contributed by atoms with van der Waals surface area (Å²) in [4.78, 5) is 17.8. The molecule has 0 bridgehead atoms. The number of nitrogens with one attached hydrogen (secondary N) is 2. The number of aliphatic imine (C=N–C) groups is 1. The lowest BCUT2D eigenvalue weighted by Crippen LogP contribution is -2.43. The van der Waals surface area contributed by atoms with Crippen molar-refractivity contribution in [2.75, 3.05) is 27.2 Å². The van der Waals surface area contributed by atoms with Gasteiger partial charge in [0, 0.05) is 31.7 Å². The maximum Gasteiger partial charge on any atom is 0.239 e. The first-order valence-corrected chi connectivity index (χ1v) is 7.79.